The van der Waals surface area contributed by atoms with Gasteiger partial charge in [0.25, 0.3) is 15.9 Å². The molecule has 1 heterocycles. The van der Waals surface area contributed by atoms with Crippen molar-refractivity contribution in [3.8, 4) is 0 Å². The number of fused-ring (bicyclic) bond motifs is 1. The molecule has 0 spiro atoms. The molecular formula is C22H19FN2O3S. The molecule has 5 nitrogen and oxygen atoms in total. The first kappa shape index (κ1) is 19.1. The highest BCUT2D eigenvalue weighted by molar-refractivity contribution is 7.92. The number of para-hydroxylation sites is 1. The highest BCUT2D eigenvalue weighted by Crippen LogP contribution is 2.30. The van der Waals surface area contributed by atoms with E-state index in [4.69, 9.17) is 0 Å². The second-order valence-corrected chi connectivity index (χ2v) is 8.61. The summed E-state index contributed by atoms with van der Waals surface area (Å²) in [4.78, 5) is 14.8. The van der Waals surface area contributed by atoms with Crippen molar-refractivity contribution in [2.75, 3.05) is 16.2 Å². The van der Waals surface area contributed by atoms with Gasteiger partial charge in [-0.25, -0.2) is 12.8 Å². The first-order valence-corrected chi connectivity index (χ1v) is 10.6. The second-order valence-electron chi connectivity index (χ2n) is 6.92. The minimum atomic E-state index is -3.93. The van der Waals surface area contributed by atoms with Crippen LogP contribution in [-0.4, -0.2) is 20.9 Å². The maximum absolute atomic E-state index is 13.2. The van der Waals surface area contributed by atoms with Crippen LogP contribution in [0.15, 0.2) is 71.6 Å². The van der Waals surface area contributed by atoms with E-state index < -0.39 is 15.8 Å². The first-order valence-electron chi connectivity index (χ1n) is 9.14. The van der Waals surface area contributed by atoms with Crippen LogP contribution in [-0.2, 0) is 16.4 Å². The van der Waals surface area contributed by atoms with Gasteiger partial charge in [0.2, 0.25) is 0 Å². The van der Waals surface area contributed by atoms with Gasteiger partial charge in [-0.05, 0) is 66.9 Å². The summed E-state index contributed by atoms with van der Waals surface area (Å²) in [5.74, 6) is -0.687. The van der Waals surface area contributed by atoms with Gasteiger partial charge in [0.15, 0.2) is 0 Å². The Kier molecular flexibility index (Phi) is 4.84. The number of nitrogens with zero attached hydrogens (tertiary/aromatic N) is 1. The molecule has 0 unspecified atom stereocenters. The molecule has 1 aliphatic rings. The Morgan fingerprint density at radius 2 is 1.76 bits per heavy atom. The predicted octanol–water partition coefficient (Wildman–Crippen LogP) is 4.14. The fourth-order valence-corrected chi connectivity index (χ4v) is 4.51. The van der Waals surface area contributed by atoms with Crippen LogP contribution in [0.4, 0.5) is 15.8 Å². The number of rotatable bonds is 4. The van der Waals surface area contributed by atoms with Gasteiger partial charge in [0.1, 0.15) is 5.82 Å². The van der Waals surface area contributed by atoms with E-state index in [1.165, 1.54) is 36.4 Å². The zero-order valence-electron chi connectivity index (χ0n) is 15.7. The van der Waals surface area contributed by atoms with Crippen LogP contribution in [0.3, 0.4) is 0 Å². The van der Waals surface area contributed by atoms with Crippen LogP contribution in [0.5, 0.6) is 0 Å². The Labute approximate surface area is 168 Å². The van der Waals surface area contributed by atoms with E-state index in [1.54, 1.807) is 17.9 Å². The highest BCUT2D eigenvalue weighted by Gasteiger charge is 2.27. The summed E-state index contributed by atoms with van der Waals surface area (Å²) in [5, 5.41) is 0. The molecule has 148 valence electrons. The number of sulfonamides is 1. The average molecular weight is 410 g/mol. The smallest absolute Gasteiger partial charge is 0.261 e. The fourth-order valence-electron chi connectivity index (χ4n) is 3.43. The minimum Gasteiger partial charge on any atom is -0.308 e. The molecule has 0 fully saturated rings. The van der Waals surface area contributed by atoms with Crippen molar-refractivity contribution < 1.29 is 17.6 Å². The fraction of sp³-hybridized carbons (Fsp3) is 0.136. The van der Waals surface area contributed by atoms with Gasteiger partial charge in [-0.3, -0.25) is 9.52 Å². The number of hydrogen-bond acceptors (Lipinski definition) is 3. The topological polar surface area (TPSA) is 66.5 Å². The zero-order chi connectivity index (χ0) is 20.6. The Morgan fingerprint density at radius 3 is 2.52 bits per heavy atom. The number of carbonyl (C=O) groups is 1. The third-order valence-electron chi connectivity index (χ3n) is 4.98. The molecule has 0 aromatic heterocycles. The van der Waals surface area contributed by atoms with Gasteiger partial charge in [0.05, 0.1) is 4.90 Å². The van der Waals surface area contributed by atoms with Crippen LogP contribution >= 0.6 is 0 Å². The SMILES string of the molecule is Cc1ccc(S(=O)(=O)Nc2ccc(F)cc2)cc1C(=O)N1CCc2ccccc21. The molecule has 29 heavy (non-hydrogen) atoms. The van der Waals surface area contributed by atoms with Crippen molar-refractivity contribution in [3.63, 3.8) is 0 Å². The van der Waals surface area contributed by atoms with Gasteiger partial charge < -0.3 is 4.90 Å². The lowest BCUT2D eigenvalue weighted by Gasteiger charge is -2.19. The van der Waals surface area contributed by atoms with Gasteiger partial charge in [-0.2, -0.15) is 0 Å². The molecule has 1 aliphatic heterocycles. The van der Waals surface area contributed by atoms with Crippen LogP contribution in [0.25, 0.3) is 0 Å². The molecule has 0 bridgehead atoms. The number of hydrogen-bond donors (Lipinski definition) is 1. The van der Waals surface area contributed by atoms with Crippen molar-refractivity contribution in [2.24, 2.45) is 0 Å². The van der Waals surface area contributed by atoms with Gasteiger partial charge in [-0.1, -0.05) is 24.3 Å². The van der Waals surface area contributed by atoms with Gasteiger partial charge >= 0.3 is 0 Å². The lowest BCUT2D eigenvalue weighted by Crippen LogP contribution is -2.29. The van der Waals surface area contributed by atoms with Gasteiger partial charge in [0, 0.05) is 23.5 Å². The third-order valence-corrected chi connectivity index (χ3v) is 6.36. The standard InChI is InChI=1S/C22H19FN2O3S/c1-15-6-11-19(29(27,28)24-18-9-7-17(23)8-10-18)14-20(15)22(26)25-13-12-16-4-2-3-5-21(16)25/h2-11,14,24H,12-13H2,1H3. The molecule has 0 aliphatic carbocycles. The minimum absolute atomic E-state index is 0.0248. The van der Waals surface area contributed by atoms with Crippen LogP contribution in [0, 0.1) is 12.7 Å². The molecule has 0 radical (unpaired) electrons. The highest BCUT2D eigenvalue weighted by atomic mass is 32.2. The van der Waals surface area contributed by atoms with Gasteiger partial charge in [-0.15, -0.1) is 0 Å². The molecule has 3 aromatic rings. The van der Waals surface area contributed by atoms with Crippen LogP contribution < -0.4 is 9.62 Å². The van der Waals surface area contributed by atoms with Crippen LogP contribution in [0.1, 0.15) is 21.5 Å². The van der Waals surface area contributed by atoms with Crippen molar-refractivity contribution >= 4 is 27.3 Å². The molecule has 4 rings (SSSR count). The largest absolute Gasteiger partial charge is 0.308 e. The molecule has 0 saturated carbocycles. The predicted molar refractivity (Wildman–Crippen MR) is 110 cm³/mol. The normalized spacial score (nSPS) is 13.2. The summed E-state index contributed by atoms with van der Waals surface area (Å²) in [6.07, 6.45) is 0.769. The summed E-state index contributed by atoms with van der Waals surface area (Å²) in [6.45, 7) is 2.33. The molecule has 3 aromatic carbocycles. The number of nitrogens with one attached hydrogen (secondary N) is 1. The molecule has 1 amide bonds. The first-order chi connectivity index (χ1) is 13.8. The number of amides is 1. The maximum Gasteiger partial charge on any atom is 0.261 e. The number of halogens is 1. The summed E-state index contributed by atoms with van der Waals surface area (Å²) >= 11 is 0. The molecule has 7 heteroatoms. The Morgan fingerprint density at radius 1 is 1.03 bits per heavy atom. The van der Waals surface area contributed by atoms with E-state index in [-0.39, 0.29) is 16.5 Å². The summed E-state index contributed by atoms with van der Waals surface area (Å²) < 4.78 is 41.0. The lowest BCUT2D eigenvalue weighted by molar-refractivity contribution is 0.0988. The monoisotopic (exact) mass is 410 g/mol. The van der Waals surface area contributed by atoms with E-state index in [0.717, 1.165) is 17.7 Å². The quantitative estimate of drug-likeness (QED) is 0.703. The number of aryl methyl sites for hydroxylation is 1. The Balaban J connectivity index is 1.66. The van der Waals surface area contributed by atoms with E-state index in [1.807, 2.05) is 24.3 Å². The Hall–Kier alpha value is -3.19. The lowest BCUT2D eigenvalue weighted by atomic mass is 10.1. The van der Waals surface area contributed by atoms with Crippen molar-refractivity contribution in [2.45, 2.75) is 18.2 Å². The van der Waals surface area contributed by atoms with Crippen molar-refractivity contribution in [1.29, 1.82) is 0 Å². The van der Waals surface area contributed by atoms with E-state index >= 15 is 0 Å². The molecule has 0 atom stereocenters. The summed E-state index contributed by atoms with van der Waals surface area (Å²) in [5.41, 5.74) is 3.23. The van der Waals surface area contributed by atoms with Crippen molar-refractivity contribution in [3.05, 3.63) is 89.2 Å². The van der Waals surface area contributed by atoms with E-state index in [2.05, 4.69) is 4.72 Å². The average Bonchev–Trinajstić information content (AvgIpc) is 3.13. The summed E-state index contributed by atoms with van der Waals surface area (Å²) in [6, 6.07) is 17.2. The number of carbonyl (C=O) groups excluding carboxylic acids is 1. The molecule has 0 saturated heterocycles. The van der Waals surface area contributed by atoms with E-state index in [0.29, 0.717) is 17.7 Å². The third kappa shape index (κ3) is 3.73. The maximum atomic E-state index is 13.2. The van der Waals surface area contributed by atoms with Crippen molar-refractivity contribution in [1.82, 2.24) is 0 Å². The Bertz CT molecular complexity index is 1190. The second kappa shape index (κ2) is 7.33. The van der Waals surface area contributed by atoms with Crippen LogP contribution in [0.2, 0.25) is 0 Å². The van der Waals surface area contributed by atoms with E-state index in [9.17, 15) is 17.6 Å². The zero-order valence-corrected chi connectivity index (χ0v) is 16.5. The molecular weight excluding hydrogens is 391 g/mol. The molecule has 1 N–H and O–H groups in total. The number of anilines is 2. The summed E-state index contributed by atoms with van der Waals surface area (Å²) in [7, 11) is -3.93. The number of benzene rings is 3.